The first-order valence-corrected chi connectivity index (χ1v) is 8.74. The largest absolute Gasteiger partial charge is 0.458 e. The lowest BCUT2D eigenvalue weighted by molar-refractivity contribution is -0.137. The van der Waals surface area contributed by atoms with E-state index in [0.717, 1.165) is 24.8 Å². The molecule has 0 bridgehead atoms. The smallest absolute Gasteiger partial charge is 0.330 e. The highest BCUT2D eigenvalue weighted by molar-refractivity contribution is 5.81. The molecule has 0 amide bonds. The van der Waals surface area contributed by atoms with Crippen LogP contribution in [0, 0.1) is 5.92 Å². The summed E-state index contributed by atoms with van der Waals surface area (Å²) in [4.78, 5) is 11.6. The molecule has 0 aromatic heterocycles. The van der Waals surface area contributed by atoms with Gasteiger partial charge in [-0.1, -0.05) is 32.1 Å². The number of hydrogen-bond acceptors (Lipinski definition) is 5. The summed E-state index contributed by atoms with van der Waals surface area (Å²) in [5.41, 5.74) is 0.970. The van der Waals surface area contributed by atoms with Crippen LogP contribution in [0.4, 0.5) is 0 Å². The Balaban J connectivity index is 4.61. The van der Waals surface area contributed by atoms with Gasteiger partial charge in [0.25, 0.3) is 0 Å². The molecule has 25 heavy (non-hydrogen) atoms. The minimum Gasteiger partial charge on any atom is -0.458 e. The molecule has 0 aromatic carbocycles. The van der Waals surface area contributed by atoms with E-state index in [4.69, 9.17) is 18.9 Å². The minimum absolute atomic E-state index is 0.0236. The monoisotopic (exact) mass is 354 g/mol. The molecule has 0 unspecified atom stereocenters. The highest BCUT2D eigenvalue weighted by Gasteiger charge is 2.25. The van der Waals surface area contributed by atoms with Crippen molar-refractivity contribution in [2.45, 2.75) is 52.2 Å². The van der Waals surface area contributed by atoms with E-state index >= 15 is 0 Å². The number of unbranched alkanes of at least 4 members (excludes halogenated alkanes) is 1. The molecular weight excluding hydrogens is 320 g/mol. The molecule has 0 fully saturated rings. The topological polar surface area (TPSA) is 54.0 Å². The van der Waals surface area contributed by atoms with Crippen molar-refractivity contribution in [3.8, 4) is 0 Å². The Morgan fingerprint density at radius 1 is 1.24 bits per heavy atom. The second-order valence-electron chi connectivity index (χ2n) is 5.97. The molecule has 144 valence electrons. The first kappa shape index (κ1) is 23.6. The van der Waals surface area contributed by atoms with Gasteiger partial charge in [0.05, 0.1) is 12.2 Å². The fraction of sp³-hybridized carbons (Fsp3) is 0.650. The van der Waals surface area contributed by atoms with E-state index < -0.39 is 0 Å². The van der Waals surface area contributed by atoms with Crippen LogP contribution in [0.25, 0.3) is 0 Å². The summed E-state index contributed by atoms with van der Waals surface area (Å²) >= 11 is 0. The van der Waals surface area contributed by atoms with Crippen molar-refractivity contribution in [1.29, 1.82) is 0 Å². The van der Waals surface area contributed by atoms with Crippen LogP contribution < -0.4 is 0 Å². The van der Waals surface area contributed by atoms with Crippen molar-refractivity contribution in [2.24, 2.45) is 5.92 Å². The van der Waals surface area contributed by atoms with Gasteiger partial charge in [-0.2, -0.15) is 0 Å². The first-order chi connectivity index (χ1) is 12.0. The average molecular weight is 354 g/mol. The van der Waals surface area contributed by atoms with Crippen LogP contribution in [0.15, 0.2) is 36.5 Å². The van der Waals surface area contributed by atoms with E-state index in [1.165, 1.54) is 6.08 Å². The van der Waals surface area contributed by atoms with Crippen molar-refractivity contribution < 1.29 is 23.7 Å². The van der Waals surface area contributed by atoms with E-state index in [9.17, 15) is 4.79 Å². The van der Waals surface area contributed by atoms with Gasteiger partial charge in [-0.3, -0.25) is 0 Å². The lowest BCUT2D eigenvalue weighted by Crippen LogP contribution is -2.36. The van der Waals surface area contributed by atoms with Crippen molar-refractivity contribution in [3.05, 3.63) is 36.5 Å². The van der Waals surface area contributed by atoms with Crippen LogP contribution in [0.2, 0.25) is 0 Å². The highest BCUT2D eigenvalue weighted by Crippen LogP contribution is 2.19. The van der Waals surface area contributed by atoms with Gasteiger partial charge in [0.2, 0.25) is 0 Å². The quantitative estimate of drug-likeness (QED) is 0.155. The summed E-state index contributed by atoms with van der Waals surface area (Å²) in [6, 6.07) is 0. The zero-order chi connectivity index (χ0) is 19.1. The van der Waals surface area contributed by atoms with E-state index in [0.29, 0.717) is 0 Å². The van der Waals surface area contributed by atoms with Crippen molar-refractivity contribution in [3.63, 3.8) is 0 Å². The van der Waals surface area contributed by atoms with Gasteiger partial charge >= 0.3 is 5.97 Å². The molecule has 0 aromatic rings. The van der Waals surface area contributed by atoms with Crippen LogP contribution in [-0.4, -0.2) is 45.8 Å². The van der Waals surface area contributed by atoms with Crippen LogP contribution in [-0.2, 0) is 23.7 Å². The highest BCUT2D eigenvalue weighted by atomic mass is 16.7. The van der Waals surface area contributed by atoms with E-state index in [-0.39, 0.29) is 37.5 Å². The van der Waals surface area contributed by atoms with Gasteiger partial charge in [-0.25, -0.2) is 4.79 Å². The fourth-order valence-corrected chi connectivity index (χ4v) is 2.50. The number of esters is 1. The van der Waals surface area contributed by atoms with Crippen LogP contribution in [0.3, 0.4) is 0 Å². The lowest BCUT2D eigenvalue weighted by Gasteiger charge is -2.29. The summed E-state index contributed by atoms with van der Waals surface area (Å²) in [6.07, 6.45) is 9.45. The molecule has 5 heteroatoms. The Morgan fingerprint density at radius 2 is 1.96 bits per heavy atom. The normalized spacial score (nSPS) is 15.8. The Hall–Kier alpha value is -1.43. The second kappa shape index (κ2) is 14.9. The number of methoxy groups -OCH3 is 2. The maximum atomic E-state index is 11.6. The maximum Gasteiger partial charge on any atom is 0.330 e. The zero-order valence-electron chi connectivity index (χ0n) is 16.3. The van der Waals surface area contributed by atoms with Gasteiger partial charge in [0.1, 0.15) is 13.4 Å². The Morgan fingerprint density at radius 3 is 2.52 bits per heavy atom. The summed E-state index contributed by atoms with van der Waals surface area (Å²) in [5, 5.41) is 0. The third-order valence-electron chi connectivity index (χ3n) is 3.75. The van der Waals surface area contributed by atoms with Crippen LogP contribution in [0.1, 0.15) is 40.0 Å². The number of carbonyl (C=O) groups is 1. The van der Waals surface area contributed by atoms with Gasteiger partial charge in [-0.15, -0.1) is 6.58 Å². The van der Waals surface area contributed by atoms with Gasteiger partial charge < -0.3 is 18.9 Å². The molecule has 0 aliphatic carbocycles. The van der Waals surface area contributed by atoms with Gasteiger partial charge in [0, 0.05) is 26.2 Å². The summed E-state index contributed by atoms with van der Waals surface area (Å²) < 4.78 is 21.6. The fourth-order valence-electron chi connectivity index (χ4n) is 2.50. The molecule has 3 atom stereocenters. The number of allylic oxidation sites excluding steroid dienone is 2. The summed E-state index contributed by atoms with van der Waals surface area (Å²) in [7, 11) is 3.28. The number of rotatable bonds is 14. The number of ether oxygens (including phenoxy) is 4. The second-order valence-corrected chi connectivity index (χ2v) is 5.97. The Bertz CT molecular complexity index is 424. The first-order valence-electron chi connectivity index (χ1n) is 8.74. The molecule has 0 saturated carbocycles. The number of carbonyl (C=O) groups excluding carboxylic acids is 1. The molecule has 0 N–H and O–H groups in total. The summed E-state index contributed by atoms with van der Waals surface area (Å²) in [5.74, 6) is -0.234. The lowest BCUT2D eigenvalue weighted by atomic mass is 9.96. The van der Waals surface area contributed by atoms with Crippen molar-refractivity contribution in [1.82, 2.24) is 0 Å². The third-order valence-corrected chi connectivity index (χ3v) is 3.75. The molecule has 0 spiro atoms. The molecule has 0 aliphatic rings. The number of hydrogen-bond donors (Lipinski definition) is 0. The van der Waals surface area contributed by atoms with Crippen molar-refractivity contribution >= 4 is 5.97 Å². The van der Waals surface area contributed by atoms with Crippen LogP contribution >= 0.6 is 0 Å². The third kappa shape index (κ3) is 10.9. The molecule has 0 saturated heterocycles. The predicted molar refractivity (Wildman–Crippen MR) is 100 cm³/mol. The van der Waals surface area contributed by atoms with Crippen molar-refractivity contribution in [2.75, 3.05) is 27.6 Å². The molecule has 0 radical (unpaired) electrons. The van der Waals surface area contributed by atoms with Gasteiger partial charge in [0.15, 0.2) is 0 Å². The van der Waals surface area contributed by atoms with Crippen LogP contribution in [0.5, 0.6) is 0 Å². The summed E-state index contributed by atoms with van der Waals surface area (Å²) in [6.45, 7) is 10.2. The van der Waals surface area contributed by atoms with E-state index in [1.54, 1.807) is 20.3 Å². The average Bonchev–Trinajstić information content (AvgIpc) is 2.60. The van der Waals surface area contributed by atoms with Gasteiger partial charge in [-0.05, 0) is 31.8 Å². The molecule has 0 aliphatic heterocycles. The molecule has 0 heterocycles. The Kier molecular flexibility index (Phi) is 14.0. The maximum absolute atomic E-state index is 11.6. The van der Waals surface area contributed by atoms with E-state index in [1.807, 2.05) is 13.0 Å². The molecule has 0 rings (SSSR count). The molecular formula is C20H34O5. The zero-order valence-corrected chi connectivity index (χ0v) is 16.3. The standard InChI is InChI=1S/C20H34O5/c1-7-9-10-11-12-19(21)24-14-16(3)13-17(4)20(25-15-22-5)18(8-2)23-6/h7,11-13,17-18,20H,1,8-10,14-15H2,2-6H3/b12-11+,16-13-/t17-,18-,20+/m1/s1. The molecule has 5 nitrogen and oxygen atoms in total. The Labute approximate surface area is 152 Å². The van der Waals surface area contributed by atoms with E-state index in [2.05, 4.69) is 26.5 Å². The predicted octanol–water partition coefficient (Wildman–Crippen LogP) is 4.05. The minimum atomic E-state index is -0.333. The SMILES string of the molecule is C=CCC/C=C/C(=O)OC/C(C)=C\[C@@H](C)[C@H](OCOC)[C@@H](CC)OC.